The molecule has 3 atom stereocenters. The summed E-state index contributed by atoms with van der Waals surface area (Å²) in [5, 5.41) is 18.5. The molecule has 6 heteroatoms. The summed E-state index contributed by atoms with van der Waals surface area (Å²) in [6.07, 6.45) is -1.47. The molecule has 1 aliphatic heterocycles. The van der Waals surface area contributed by atoms with Crippen molar-refractivity contribution in [3.63, 3.8) is 0 Å². The van der Waals surface area contributed by atoms with Crippen LogP contribution in [-0.4, -0.2) is 48.4 Å². The van der Waals surface area contributed by atoms with Crippen molar-refractivity contribution < 1.29 is 29.2 Å². The first-order valence-corrected chi connectivity index (χ1v) is 6.37. The van der Waals surface area contributed by atoms with Gasteiger partial charge in [-0.25, -0.2) is 4.79 Å². The average Bonchev–Trinajstić information content (AvgIpc) is 2.85. The molecule has 1 aliphatic rings. The molecular weight excluding hydrogens is 264 g/mol. The number of carbonyl (C=O) groups is 1. The predicted molar refractivity (Wildman–Crippen MR) is 68.9 cm³/mol. The van der Waals surface area contributed by atoms with Crippen molar-refractivity contribution >= 4 is 5.97 Å². The van der Waals surface area contributed by atoms with Crippen LogP contribution in [0.4, 0.5) is 0 Å². The standard InChI is InChI=1S/C14H18O6/c1-18-14(17)10-4-2-9(3-5-10)8-19-13-6-11(16)12(7-15)20-13/h2-5,11-13,15-16H,6-8H2,1H3/t11-,12+,13?/m0/s1. The Morgan fingerprint density at radius 2 is 2.10 bits per heavy atom. The maximum Gasteiger partial charge on any atom is 0.337 e. The first kappa shape index (κ1) is 14.9. The molecule has 1 aromatic carbocycles. The molecular formula is C14H18O6. The zero-order valence-electron chi connectivity index (χ0n) is 11.2. The van der Waals surface area contributed by atoms with E-state index in [1.54, 1.807) is 24.3 Å². The van der Waals surface area contributed by atoms with Gasteiger partial charge in [0.2, 0.25) is 0 Å². The van der Waals surface area contributed by atoms with Crippen molar-refractivity contribution in [1.82, 2.24) is 0 Å². The molecule has 0 bridgehead atoms. The van der Waals surface area contributed by atoms with Crippen LogP contribution in [0.5, 0.6) is 0 Å². The van der Waals surface area contributed by atoms with E-state index in [1.807, 2.05) is 0 Å². The van der Waals surface area contributed by atoms with E-state index in [-0.39, 0.29) is 12.6 Å². The second kappa shape index (κ2) is 6.81. The molecule has 0 radical (unpaired) electrons. The molecule has 1 saturated heterocycles. The van der Waals surface area contributed by atoms with Crippen molar-refractivity contribution in [2.45, 2.75) is 31.5 Å². The molecule has 1 heterocycles. The van der Waals surface area contributed by atoms with Crippen molar-refractivity contribution in [2.75, 3.05) is 13.7 Å². The molecule has 2 rings (SSSR count). The van der Waals surface area contributed by atoms with Crippen LogP contribution in [0.2, 0.25) is 0 Å². The highest BCUT2D eigenvalue weighted by molar-refractivity contribution is 5.89. The van der Waals surface area contributed by atoms with Crippen LogP contribution in [0.1, 0.15) is 22.3 Å². The normalized spacial score (nSPS) is 25.6. The highest BCUT2D eigenvalue weighted by atomic mass is 16.7. The average molecular weight is 282 g/mol. The maximum absolute atomic E-state index is 11.3. The number of methoxy groups -OCH3 is 1. The summed E-state index contributed by atoms with van der Waals surface area (Å²) in [5.74, 6) is -0.384. The Bertz CT molecular complexity index is 443. The van der Waals surface area contributed by atoms with E-state index in [0.29, 0.717) is 18.6 Å². The van der Waals surface area contributed by atoms with E-state index in [2.05, 4.69) is 4.74 Å². The Hall–Kier alpha value is -1.47. The third-order valence-electron chi connectivity index (χ3n) is 3.18. The second-order valence-corrected chi connectivity index (χ2v) is 4.59. The van der Waals surface area contributed by atoms with Crippen molar-refractivity contribution in [2.24, 2.45) is 0 Å². The lowest BCUT2D eigenvalue weighted by molar-refractivity contribution is -0.149. The first-order valence-electron chi connectivity index (χ1n) is 6.37. The molecule has 2 N–H and O–H groups in total. The number of aliphatic hydroxyl groups is 2. The number of hydrogen-bond acceptors (Lipinski definition) is 6. The van der Waals surface area contributed by atoms with Gasteiger partial charge in [0, 0.05) is 6.42 Å². The van der Waals surface area contributed by atoms with E-state index < -0.39 is 18.5 Å². The van der Waals surface area contributed by atoms with E-state index in [1.165, 1.54) is 7.11 Å². The van der Waals surface area contributed by atoms with Crippen LogP contribution in [-0.2, 0) is 20.8 Å². The molecule has 0 saturated carbocycles. The van der Waals surface area contributed by atoms with E-state index >= 15 is 0 Å². The van der Waals surface area contributed by atoms with Gasteiger partial charge in [-0.05, 0) is 17.7 Å². The highest BCUT2D eigenvalue weighted by Gasteiger charge is 2.33. The lowest BCUT2D eigenvalue weighted by Gasteiger charge is -2.13. The maximum atomic E-state index is 11.3. The second-order valence-electron chi connectivity index (χ2n) is 4.59. The summed E-state index contributed by atoms with van der Waals surface area (Å²) >= 11 is 0. The highest BCUT2D eigenvalue weighted by Crippen LogP contribution is 2.22. The number of rotatable bonds is 5. The van der Waals surface area contributed by atoms with Gasteiger partial charge >= 0.3 is 5.97 Å². The Balaban J connectivity index is 1.84. The van der Waals surface area contributed by atoms with E-state index in [4.69, 9.17) is 14.6 Å². The summed E-state index contributed by atoms with van der Waals surface area (Å²) in [6.45, 7) is 0.0752. The lowest BCUT2D eigenvalue weighted by Crippen LogP contribution is -2.24. The molecule has 0 spiro atoms. The molecule has 0 aromatic heterocycles. The number of aliphatic hydroxyl groups excluding tert-OH is 2. The fraction of sp³-hybridized carbons (Fsp3) is 0.500. The van der Waals surface area contributed by atoms with Crippen LogP contribution < -0.4 is 0 Å². The number of ether oxygens (including phenoxy) is 3. The van der Waals surface area contributed by atoms with Crippen LogP contribution in [0.25, 0.3) is 0 Å². The van der Waals surface area contributed by atoms with E-state index in [0.717, 1.165) is 5.56 Å². The smallest absolute Gasteiger partial charge is 0.337 e. The van der Waals surface area contributed by atoms with Gasteiger partial charge < -0.3 is 24.4 Å². The summed E-state index contributed by atoms with van der Waals surface area (Å²) < 4.78 is 15.4. The first-order chi connectivity index (χ1) is 9.63. The largest absolute Gasteiger partial charge is 0.465 e. The van der Waals surface area contributed by atoms with Gasteiger partial charge in [-0.3, -0.25) is 0 Å². The summed E-state index contributed by atoms with van der Waals surface area (Å²) in [7, 11) is 1.33. The van der Waals surface area contributed by atoms with Gasteiger partial charge in [-0.1, -0.05) is 12.1 Å². The van der Waals surface area contributed by atoms with Crippen molar-refractivity contribution in [3.8, 4) is 0 Å². The Morgan fingerprint density at radius 3 is 2.65 bits per heavy atom. The molecule has 1 unspecified atom stereocenters. The minimum absolute atomic E-state index is 0.227. The van der Waals surface area contributed by atoms with Gasteiger partial charge in [0.1, 0.15) is 6.10 Å². The quantitative estimate of drug-likeness (QED) is 0.763. The van der Waals surface area contributed by atoms with Crippen molar-refractivity contribution in [3.05, 3.63) is 35.4 Å². The molecule has 110 valence electrons. The molecule has 20 heavy (non-hydrogen) atoms. The Labute approximate surface area is 116 Å². The summed E-state index contributed by atoms with van der Waals surface area (Å²) in [4.78, 5) is 11.3. The van der Waals surface area contributed by atoms with Crippen LogP contribution in [0.15, 0.2) is 24.3 Å². The van der Waals surface area contributed by atoms with Crippen LogP contribution >= 0.6 is 0 Å². The monoisotopic (exact) mass is 282 g/mol. The zero-order chi connectivity index (χ0) is 14.5. The number of hydrogen-bond donors (Lipinski definition) is 2. The number of benzene rings is 1. The van der Waals surface area contributed by atoms with Gasteiger partial charge in [0.25, 0.3) is 0 Å². The zero-order valence-corrected chi connectivity index (χ0v) is 11.2. The number of esters is 1. The van der Waals surface area contributed by atoms with Gasteiger partial charge in [-0.15, -0.1) is 0 Å². The molecule has 1 fully saturated rings. The Kier molecular flexibility index (Phi) is 5.08. The van der Waals surface area contributed by atoms with Gasteiger partial charge in [0.05, 0.1) is 32.0 Å². The van der Waals surface area contributed by atoms with Crippen LogP contribution in [0.3, 0.4) is 0 Å². The Morgan fingerprint density at radius 1 is 1.40 bits per heavy atom. The summed E-state index contributed by atoms with van der Waals surface area (Å²) in [6, 6.07) is 6.85. The molecule has 0 aliphatic carbocycles. The van der Waals surface area contributed by atoms with Gasteiger partial charge in [-0.2, -0.15) is 0 Å². The third-order valence-corrected chi connectivity index (χ3v) is 3.18. The topological polar surface area (TPSA) is 85.2 Å². The minimum Gasteiger partial charge on any atom is -0.465 e. The van der Waals surface area contributed by atoms with E-state index in [9.17, 15) is 9.90 Å². The fourth-order valence-electron chi connectivity index (χ4n) is 2.01. The fourth-order valence-corrected chi connectivity index (χ4v) is 2.01. The lowest BCUT2D eigenvalue weighted by atomic mass is 10.1. The molecule has 6 nitrogen and oxygen atoms in total. The van der Waals surface area contributed by atoms with Crippen molar-refractivity contribution in [1.29, 1.82) is 0 Å². The third kappa shape index (κ3) is 3.55. The predicted octanol–water partition coefficient (Wildman–Crippen LogP) is 0.458. The SMILES string of the molecule is COC(=O)c1ccc(COC2C[C@H](O)[C@@H](CO)O2)cc1. The van der Waals surface area contributed by atoms with Crippen LogP contribution in [0, 0.1) is 0 Å². The van der Waals surface area contributed by atoms with Gasteiger partial charge in [0.15, 0.2) is 6.29 Å². The molecule has 1 aromatic rings. The molecule has 0 amide bonds. The minimum atomic E-state index is -0.702. The number of carbonyl (C=O) groups excluding carboxylic acids is 1. The summed E-state index contributed by atoms with van der Waals surface area (Å²) in [5.41, 5.74) is 1.35.